The van der Waals surface area contributed by atoms with Crippen LogP contribution in [0.25, 0.3) is 0 Å². The van der Waals surface area contributed by atoms with E-state index in [9.17, 15) is 4.79 Å². The van der Waals surface area contributed by atoms with Crippen molar-refractivity contribution in [3.63, 3.8) is 0 Å². The standard InChI is InChI=1S/C14H14N2O2/c1-18-13-8-11(16)6-7-12(13)14(17)9-2-4-10(15)5-3-9/h2-8H,15-16H2,1H3. The van der Waals surface area contributed by atoms with Crippen molar-refractivity contribution in [2.45, 2.75) is 0 Å². The van der Waals surface area contributed by atoms with Gasteiger partial charge in [0.25, 0.3) is 0 Å². The Morgan fingerprint density at radius 3 is 2.22 bits per heavy atom. The fourth-order valence-electron chi connectivity index (χ4n) is 1.69. The number of nitrogen functional groups attached to an aromatic ring is 2. The van der Waals surface area contributed by atoms with Gasteiger partial charge < -0.3 is 16.2 Å². The Labute approximate surface area is 105 Å². The van der Waals surface area contributed by atoms with Crippen LogP contribution in [0.4, 0.5) is 11.4 Å². The van der Waals surface area contributed by atoms with Gasteiger partial charge in [-0.15, -0.1) is 0 Å². The van der Waals surface area contributed by atoms with Crippen LogP contribution in [0.2, 0.25) is 0 Å². The molecule has 4 heteroatoms. The van der Waals surface area contributed by atoms with Crippen molar-refractivity contribution < 1.29 is 9.53 Å². The topological polar surface area (TPSA) is 78.3 Å². The molecule has 0 fully saturated rings. The van der Waals surface area contributed by atoms with Crippen LogP contribution in [0.15, 0.2) is 42.5 Å². The average Bonchev–Trinajstić information content (AvgIpc) is 2.38. The Morgan fingerprint density at radius 1 is 1.00 bits per heavy atom. The first-order valence-corrected chi connectivity index (χ1v) is 5.45. The van der Waals surface area contributed by atoms with E-state index in [1.807, 2.05) is 0 Å². The predicted octanol–water partition coefficient (Wildman–Crippen LogP) is 2.09. The van der Waals surface area contributed by atoms with Crippen LogP contribution in [0.5, 0.6) is 5.75 Å². The molecule has 0 bridgehead atoms. The van der Waals surface area contributed by atoms with Crippen molar-refractivity contribution in [3.05, 3.63) is 53.6 Å². The number of hydrogen-bond acceptors (Lipinski definition) is 4. The van der Waals surface area contributed by atoms with Gasteiger partial charge in [0.15, 0.2) is 5.78 Å². The lowest BCUT2D eigenvalue weighted by Crippen LogP contribution is -2.04. The molecule has 0 amide bonds. The Kier molecular flexibility index (Phi) is 3.19. The molecule has 92 valence electrons. The maximum Gasteiger partial charge on any atom is 0.196 e. The number of ether oxygens (including phenoxy) is 1. The third kappa shape index (κ3) is 2.27. The molecule has 4 N–H and O–H groups in total. The van der Waals surface area contributed by atoms with E-state index in [1.165, 1.54) is 7.11 Å². The summed E-state index contributed by atoms with van der Waals surface area (Å²) in [6, 6.07) is 11.7. The highest BCUT2D eigenvalue weighted by molar-refractivity contribution is 6.11. The number of carbonyl (C=O) groups excluding carboxylic acids is 1. The molecular formula is C14H14N2O2. The van der Waals surface area contributed by atoms with Crippen LogP contribution < -0.4 is 16.2 Å². The number of methoxy groups -OCH3 is 1. The highest BCUT2D eigenvalue weighted by Gasteiger charge is 2.14. The quantitative estimate of drug-likeness (QED) is 0.638. The van der Waals surface area contributed by atoms with E-state index >= 15 is 0 Å². The van der Waals surface area contributed by atoms with Crippen molar-refractivity contribution in [3.8, 4) is 5.75 Å². The maximum absolute atomic E-state index is 12.3. The average molecular weight is 242 g/mol. The second kappa shape index (κ2) is 4.79. The summed E-state index contributed by atoms with van der Waals surface area (Å²) < 4.78 is 5.17. The zero-order valence-corrected chi connectivity index (χ0v) is 10.0. The molecule has 0 aromatic heterocycles. The van der Waals surface area contributed by atoms with Gasteiger partial charge in [0, 0.05) is 23.0 Å². The minimum absolute atomic E-state index is 0.119. The molecule has 0 unspecified atom stereocenters. The van der Waals surface area contributed by atoms with Gasteiger partial charge in [-0.3, -0.25) is 4.79 Å². The summed E-state index contributed by atoms with van der Waals surface area (Å²) in [6.07, 6.45) is 0. The fraction of sp³-hybridized carbons (Fsp3) is 0.0714. The van der Waals surface area contributed by atoms with Gasteiger partial charge in [0.1, 0.15) is 5.75 Å². The summed E-state index contributed by atoms with van der Waals surface area (Å²) in [6.45, 7) is 0. The first kappa shape index (κ1) is 12.0. The van der Waals surface area contributed by atoms with E-state index in [2.05, 4.69) is 0 Å². The first-order valence-electron chi connectivity index (χ1n) is 5.45. The Bertz CT molecular complexity index is 577. The molecular weight excluding hydrogens is 228 g/mol. The smallest absolute Gasteiger partial charge is 0.196 e. The number of rotatable bonds is 3. The molecule has 18 heavy (non-hydrogen) atoms. The van der Waals surface area contributed by atoms with Gasteiger partial charge in [0.2, 0.25) is 0 Å². The zero-order valence-electron chi connectivity index (χ0n) is 10.0. The van der Waals surface area contributed by atoms with E-state index in [0.717, 1.165) is 0 Å². The van der Waals surface area contributed by atoms with E-state index in [0.29, 0.717) is 28.3 Å². The molecule has 2 aromatic rings. The zero-order chi connectivity index (χ0) is 13.1. The van der Waals surface area contributed by atoms with Gasteiger partial charge in [-0.05, 0) is 36.4 Å². The molecule has 0 aliphatic rings. The molecule has 2 rings (SSSR count). The summed E-state index contributed by atoms with van der Waals surface area (Å²) in [5.74, 6) is 0.351. The first-order chi connectivity index (χ1) is 8.61. The third-order valence-electron chi connectivity index (χ3n) is 2.64. The second-order valence-electron chi connectivity index (χ2n) is 3.91. The molecule has 4 nitrogen and oxygen atoms in total. The van der Waals surface area contributed by atoms with Gasteiger partial charge in [-0.2, -0.15) is 0 Å². The minimum atomic E-state index is -0.119. The molecule has 0 aliphatic carbocycles. The summed E-state index contributed by atoms with van der Waals surface area (Å²) >= 11 is 0. The van der Waals surface area contributed by atoms with Crippen LogP contribution >= 0.6 is 0 Å². The third-order valence-corrected chi connectivity index (χ3v) is 2.64. The predicted molar refractivity (Wildman–Crippen MR) is 71.7 cm³/mol. The normalized spacial score (nSPS) is 10.1. The maximum atomic E-state index is 12.3. The van der Waals surface area contributed by atoms with E-state index in [1.54, 1.807) is 42.5 Å². The summed E-state index contributed by atoms with van der Waals surface area (Å²) in [4.78, 5) is 12.3. The lowest BCUT2D eigenvalue weighted by Gasteiger charge is -2.08. The van der Waals surface area contributed by atoms with E-state index < -0.39 is 0 Å². The summed E-state index contributed by atoms with van der Waals surface area (Å²) in [5, 5.41) is 0. The lowest BCUT2D eigenvalue weighted by molar-refractivity contribution is 0.103. The molecule has 0 heterocycles. The van der Waals surface area contributed by atoms with Gasteiger partial charge in [0.05, 0.1) is 12.7 Å². The van der Waals surface area contributed by atoms with E-state index in [-0.39, 0.29) is 5.78 Å². The van der Waals surface area contributed by atoms with Crippen molar-refractivity contribution in [1.29, 1.82) is 0 Å². The van der Waals surface area contributed by atoms with E-state index in [4.69, 9.17) is 16.2 Å². The lowest BCUT2D eigenvalue weighted by atomic mass is 10.0. The highest BCUT2D eigenvalue weighted by atomic mass is 16.5. The molecule has 0 radical (unpaired) electrons. The number of hydrogen-bond donors (Lipinski definition) is 2. The van der Waals surface area contributed by atoms with Gasteiger partial charge in [-0.25, -0.2) is 0 Å². The monoisotopic (exact) mass is 242 g/mol. The largest absolute Gasteiger partial charge is 0.496 e. The summed E-state index contributed by atoms with van der Waals surface area (Å²) in [7, 11) is 1.51. The van der Waals surface area contributed by atoms with Gasteiger partial charge >= 0.3 is 0 Å². The summed E-state index contributed by atoms with van der Waals surface area (Å²) in [5.41, 5.74) is 13.5. The van der Waals surface area contributed by atoms with Crippen LogP contribution in [0.1, 0.15) is 15.9 Å². The second-order valence-corrected chi connectivity index (χ2v) is 3.91. The fourth-order valence-corrected chi connectivity index (χ4v) is 1.69. The Morgan fingerprint density at radius 2 is 1.61 bits per heavy atom. The molecule has 0 spiro atoms. The molecule has 0 aliphatic heterocycles. The number of nitrogens with two attached hydrogens (primary N) is 2. The molecule has 2 aromatic carbocycles. The number of anilines is 2. The van der Waals surface area contributed by atoms with Crippen LogP contribution in [-0.4, -0.2) is 12.9 Å². The van der Waals surface area contributed by atoms with Crippen molar-refractivity contribution in [2.75, 3.05) is 18.6 Å². The molecule has 0 atom stereocenters. The Balaban J connectivity index is 2.42. The Hall–Kier alpha value is -2.49. The number of ketones is 1. The SMILES string of the molecule is COc1cc(N)ccc1C(=O)c1ccc(N)cc1. The van der Waals surface area contributed by atoms with Crippen molar-refractivity contribution >= 4 is 17.2 Å². The van der Waals surface area contributed by atoms with Crippen LogP contribution in [-0.2, 0) is 0 Å². The van der Waals surface area contributed by atoms with Crippen LogP contribution in [0, 0.1) is 0 Å². The minimum Gasteiger partial charge on any atom is -0.496 e. The number of carbonyl (C=O) groups is 1. The highest BCUT2D eigenvalue weighted by Crippen LogP contribution is 2.24. The molecule has 0 saturated heterocycles. The van der Waals surface area contributed by atoms with Crippen molar-refractivity contribution in [1.82, 2.24) is 0 Å². The number of benzene rings is 2. The molecule has 0 saturated carbocycles. The van der Waals surface area contributed by atoms with Crippen molar-refractivity contribution in [2.24, 2.45) is 0 Å². The van der Waals surface area contributed by atoms with Gasteiger partial charge in [-0.1, -0.05) is 0 Å². The van der Waals surface area contributed by atoms with Crippen LogP contribution in [0.3, 0.4) is 0 Å².